The molecule has 0 bridgehead atoms. The summed E-state index contributed by atoms with van der Waals surface area (Å²) in [6.45, 7) is 1.06. The topological polar surface area (TPSA) is 84.9 Å². The smallest absolute Gasteiger partial charge is 0.294 e. The number of nitrogens with one attached hydrogen (secondary N) is 1. The van der Waals surface area contributed by atoms with Crippen molar-refractivity contribution in [1.82, 2.24) is 10.2 Å². The molecule has 2 aromatic rings. The fraction of sp³-hybridized carbons (Fsp3) is 0.375. The van der Waals surface area contributed by atoms with Crippen molar-refractivity contribution in [3.8, 4) is 11.5 Å². The van der Waals surface area contributed by atoms with Gasteiger partial charge >= 0.3 is 0 Å². The maximum atomic E-state index is 12.7. The third-order valence-electron chi connectivity index (χ3n) is 6.42. The number of nitrogens with zero attached hydrogens (tertiary/aromatic N) is 1. The summed E-state index contributed by atoms with van der Waals surface area (Å²) in [6, 6.07) is 13.8. The molecule has 1 aliphatic carbocycles. The molecule has 1 N–H and O–H groups in total. The number of benzene rings is 2. The summed E-state index contributed by atoms with van der Waals surface area (Å²) in [5, 5.41) is 3.11. The molecule has 2 fully saturated rings. The van der Waals surface area contributed by atoms with Crippen LogP contribution in [0.5, 0.6) is 11.5 Å². The van der Waals surface area contributed by atoms with Crippen molar-refractivity contribution < 1.29 is 23.9 Å². The van der Waals surface area contributed by atoms with Gasteiger partial charge in [0, 0.05) is 30.3 Å². The predicted octanol–water partition coefficient (Wildman–Crippen LogP) is 2.70. The predicted molar refractivity (Wildman–Crippen MR) is 114 cm³/mol. The minimum Gasteiger partial charge on any atom is -0.493 e. The van der Waals surface area contributed by atoms with Gasteiger partial charge in [0.05, 0.1) is 14.2 Å². The van der Waals surface area contributed by atoms with Crippen LogP contribution in [0, 0.1) is 5.41 Å². The van der Waals surface area contributed by atoms with Gasteiger partial charge in [-0.2, -0.15) is 0 Å². The molecule has 1 heterocycles. The van der Waals surface area contributed by atoms with Gasteiger partial charge in [-0.1, -0.05) is 30.3 Å². The van der Waals surface area contributed by atoms with Crippen LogP contribution < -0.4 is 14.8 Å². The monoisotopic (exact) mass is 422 g/mol. The minimum absolute atomic E-state index is 0.0127. The van der Waals surface area contributed by atoms with E-state index in [1.165, 1.54) is 7.11 Å². The van der Waals surface area contributed by atoms with E-state index in [-0.39, 0.29) is 17.4 Å². The van der Waals surface area contributed by atoms with Gasteiger partial charge in [-0.15, -0.1) is 0 Å². The zero-order chi connectivity index (χ0) is 22.0. The van der Waals surface area contributed by atoms with E-state index in [4.69, 9.17) is 9.47 Å². The van der Waals surface area contributed by atoms with Crippen LogP contribution in [0.2, 0.25) is 0 Å². The van der Waals surface area contributed by atoms with Crippen molar-refractivity contribution >= 4 is 17.6 Å². The van der Waals surface area contributed by atoms with E-state index in [2.05, 4.69) is 5.32 Å². The molecule has 1 aliphatic heterocycles. The summed E-state index contributed by atoms with van der Waals surface area (Å²) in [7, 11) is 3.09. The Kier molecular flexibility index (Phi) is 5.67. The molecule has 0 radical (unpaired) electrons. The molecule has 1 spiro atoms. The molecule has 7 heteroatoms. The molecule has 1 atom stereocenters. The van der Waals surface area contributed by atoms with Gasteiger partial charge in [-0.3, -0.25) is 14.4 Å². The number of hydrogen-bond donors (Lipinski definition) is 1. The van der Waals surface area contributed by atoms with Gasteiger partial charge < -0.3 is 19.7 Å². The molecule has 1 saturated heterocycles. The quantitative estimate of drug-likeness (QED) is 0.572. The first kappa shape index (κ1) is 20.9. The van der Waals surface area contributed by atoms with Gasteiger partial charge in [0.2, 0.25) is 5.78 Å². The Hall–Kier alpha value is -3.35. The highest BCUT2D eigenvalue weighted by molar-refractivity contribution is 6.42. The molecular formula is C24H26N2O5. The Labute approximate surface area is 181 Å². The van der Waals surface area contributed by atoms with Crippen molar-refractivity contribution in [2.24, 2.45) is 5.41 Å². The molecule has 31 heavy (non-hydrogen) atoms. The van der Waals surface area contributed by atoms with Crippen molar-refractivity contribution in [1.29, 1.82) is 0 Å². The Morgan fingerprint density at radius 3 is 2.26 bits per heavy atom. The first-order valence-electron chi connectivity index (χ1n) is 10.4. The lowest BCUT2D eigenvalue weighted by Gasteiger charge is -2.32. The van der Waals surface area contributed by atoms with E-state index in [0.717, 1.165) is 19.3 Å². The fourth-order valence-corrected chi connectivity index (χ4v) is 4.34. The number of methoxy groups -OCH3 is 2. The van der Waals surface area contributed by atoms with E-state index in [9.17, 15) is 14.4 Å². The van der Waals surface area contributed by atoms with Crippen LogP contribution in [0.1, 0.15) is 40.0 Å². The molecule has 1 unspecified atom stereocenters. The van der Waals surface area contributed by atoms with E-state index in [1.54, 1.807) is 54.5 Å². The van der Waals surface area contributed by atoms with Crippen molar-refractivity contribution in [2.75, 3.05) is 27.3 Å². The Morgan fingerprint density at radius 2 is 1.61 bits per heavy atom. The second kappa shape index (κ2) is 8.41. The third kappa shape index (κ3) is 4.13. The number of carbonyl (C=O) groups excluding carboxylic acids is 3. The summed E-state index contributed by atoms with van der Waals surface area (Å²) in [4.78, 5) is 39.3. The minimum atomic E-state index is -0.467. The molecular weight excluding hydrogens is 396 g/mol. The average molecular weight is 422 g/mol. The van der Waals surface area contributed by atoms with Crippen LogP contribution >= 0.6 is 0 Å². The van der Waals surface area contributed by atoms with E-state index in [0.29, 0.717) is 35.7 Å². The summed E-state index contributed by atoms with van der Waals surface area (Å²) in [5.41, 5.74) is 0.943. The number of rotatable bonds is 6. The number of ether oxygens (including phenoxy) is 2. The number of carbonyl (C=O) groups is 3. The molecule has 4 rings (SSSR count). The first-order valence-corrected chi connectivity index (χ1v) is 10.4. The van der Waals surface area contributed by atoms with E-state index >= 15 is 0 Å². The normalized spacial score (nSPS) is 18.9. The lowest BCUT2D eigenvalue weighted by Crippen LogP contribution is -2.44. The van der Waals surface area contributed by atoms with Crippen LogP contribution in [0.25, 0.3) is 0 Å². The maximum Gasteiger partial charge on any atom is 0.294 e. The zero-order valence-corrected chi connectivity index (χ0v) is 17.7. The Balaban J connectivity index is 1.32. The van der Waals surface area contributed by atoms with E-state index in [1.807, 2.05) is 6.07 Å². The van der Waals surface area contributed by atoms with Gasteiger partial charge in [0.1, 0.15) is 0 Å². The number of hydrogen-bond acceptors (Lipinski definition) is 5. The van der Waals surface area contributed by atoms with Crippen molar-refractivity contribution in [3.63, 3.8) is 0 Å². The number of Topliss-reactive ketones (excluding diaryl/α,β-unsaturated/α-hetero) is 1. The SMILES string of the molecule is COc1ccc(C(=O)NC2CC23CCN(C(=O)C(=O)c2ccccc2)CC3)cc1OC. The molecule has 2 amide bonds. The summed E-state index contributed by atoms with van der Waals surface area (Å²) >= 11 is 0. The van der Waals surface area contributed by atoms with Crippen LogP contribution in [-0.2, 0) is 4.79 Å². The first-order chi connectivity index (χ1) is 15.0. The zero-order valence-electron chi connectivity index (χ0n) is 17.7. The van der Waals surface area contributed by atoms with Crippen LogP contribution in [-0.4, -0.2) is 55.8 Å². The molecule has 1 saturated carbocycles. The van der Waals surface area contributed by atoms with Crippen LogP contribution in [0.4, 0.5) is 0 Å². The highest BCUT2D eigenvalue weighted by Crippen LogP contribution is 2.54. The Morgan fingerprint density at radius 1 is 0.935 bits per heavy atom. The van der Waals surface area contributed by atoms with Gasteiger partial charge in [-0.25, -0.2) is 0 Å². The van der Waals surface area contributed by atoms with Gasteiger partial charge in [0.15, 0.2) is 11.5 Å². The van der Waals surface area contributed by atoms with Gasteiger partial charge in [-0.05, 0) is 42.9 Å². The largest absolute Gasteiger partial charge is 0.493 e. The number of amides is 2. The van der Waals surface area contributed by atoms with Crippen LogP contribution in [0.15, 0.2) is 48.5 Å². The summed E-state index contributed by atoms with van der Waals surface area (Å²) < 4.78 is 10.5. The van der Waals surface area contributed by atoms with E-state index < -0.39 is 11.7 Å². The third-order valence-corrected chi connectivity index (χ3v) is 6.42. The molecule has 2 aromatic carbocycles. The highest BCUT2D eigenvalue weighted by atomic mass is 16.5. The van der Waals surface area contributed by atoms with Crippen LogP contribution in [0.3, 0.4) is 0 Å². The number of likely N-dealkylation sites (tertiary alicyclic amines) is 1. The van der Waals surface area contributed by atoms with Gasteiger partial charge in [0.25, 0.3) is 11.8 Å². The molecule has 0 aromatic heterocycles. The maximum absolute atomic E-state index is 12.7. The summed E-state index contributed by atoms with van der Waals surface area (Å²) in [5.74, 6) is 0.0125. The highest BCUT2D eigenvalue weighted by Gasteiger charge is 2.56. The molecule has 7 nitrogen and oxygen atoms in total. The van der Waals surface area contributed by atoms with Crippen molar-refractivity contribution in [2.45, 2.75) is 25.3 Å². The standard InChI is InChI=1S/C24H26N2O5/c1-30-18-9-8-17(14-19(18)31-2)22(28)25-20-15-24(20)10-12-26(13-11-24)23(29)21(27)16-6-4-3-5-7-16/h3-9,14,20H,10-13,15H2,1-2H3,(H,25,28). The molecule has 162 valence electrons. The molecule has 2 aliphatic rings. The Bertz CT molecular complexity index is 996. The van der Waals surface area contributed by atoms with Crippen molar-refractivity contribution in [3.05, 3.63) is 59.7 Å². The lowest BCUT2D eigenvalue weighted by atomic mass is 9.92. The second-order valence-electron chi connectivity index (χ2n) is 8.15. The second-order valence-corrected chi connectivity index (χ2v) is 8.15. The average Bonchev–Trinajstić information content (AvgIpc) is 3.48. The number of ketones is 1. The number of piperidine rings is 1. The fourth-order valence-electron chi connectivity index (χ4n) is 4.34. The summed E-state index contributed by atoms with van der Waals surface area (Å²) in [6.07, 6.45) is 2.44. The lowest BCUT2D eigenvalue weighted by molar-refractivity contribution is -0.128.